The summed E-state index contributed by atoms with van der Waals surface area (Å²) in [7, 11) is 1.77. The zero-order chi connectivity index (χ0) is 22.8. The highest BCUT2D eigenvalue weighted by Gasteiger charge is 2.33. The van der Waals surface area contributed by atoms with Crippen LogP contribution in [0.15, 0.2) is 36.5 Å². The number of hydrogen-bond acceptors (Lipinski definition) is 6. The number of morpholine rings is 1. The topological polar surface area (TPSA) is 66.9 Å². The molecule has 7 nitrogen and oxygen atoms in total. The number of methoxy groups -OCH3 is 1. The predicted molar refractivity (Wildman–Crippen MR) is 130 cm³/mol. The van der Waals surface area contributed by atoms with Crippen molar-refractivity contribution in [1.29, 1.82) is 0 Å². The summed E-state index contributed by atoms with van der Waals surface area (Å²) in [6.07, 6.45) is 6.94. The van der Waals surface area contributed by atoms with E-state index < -0.39 is 0 Å². The van der Waals surface area contributed by atoms with Gasteiger partial charge in [0.25, 0.3) is 0 Å². The number of rotatable bonds is 4. The molecule has 1 aromatic carbocycles. The Kier molecular flexibility index (Phi) is 6.51. The van der Waals surface area contributed by atoms with Crippen LogP contribution in [0.5, 0.6) is 0 Å². The number of hydrogen-bond donors (Lipinski definition) is 1. The molecule has 1 saturated carbocycles. The van der Waals surface area contributed by atoms with Crippen LogP contribution in [-0.2, 0) is 20.8 Å². The van der Waals surface area contributed by atoms with Crippen LogP contribution < -0.4 is 15.1 Å². The minimum Gasteiger partial charge on any atom is -0.381 e. The Morgan fingerprint density at radius 1 is 1.24 bits per heavy atom. The molecule has 1 unspecified atom stereocenters. The summed E-state index contributed by atoms with van der Waals surface area (Å²) in [4.78, 5) is 22.8. The number of carbonyl (C=O) groups is 1. The molecule has 5 rings (SSSR count). The Bertz CT molecular complexity index is 989. The van der Waals surface area contributed by atoms with Crippen LogP contribution in [0, 0.1) is 5.92 Å². The van der Waals surface area contributed by atoms with Crippen LogP contribution in [-0.4, -0.2) is 49.9 Å². The van der Waals surface area contributed by atoms with Gasteiger partial charge in [0.15, 0.2) is 0 Å². The number of anilines is 4. The Labute approximate surface area is 196 Å². The molecule has 2 aromatic rings. The number of aromatic nitrogens is 1. The molecular weight excluding hydrogens is 416 g/mol. The van der Waals surface area contributed by atoms with Crippen molar-refractivity contribution >= 4 is 28.8 Å². The Morgan fingerprint density at radius 2 is 2.09 bits per heavy atom. The van der Waals surface area contributed by atoms with Gasteiger partial charge in [0, 0.05) is 43.6 Å². The number of pyridine rings is 1. The first-order chi connectivity index (χ1) is 16.2. The Morgan fingerprint density at radius 3 is 2.88 bits per heavy atom. The standard InChI is InChI=1S/C26H34N4O3/c1-3-21-17-29(13-14-33-21)20-8-11-23-24(15-20)30(16-19-5-4-12-27-25(19)28-23)26(31)18-6-9-22(32-2)10-7-18/h4-5,8,11-12,15,18,21-22H,3,6-7,9-10,13-14,16-17H2,1-2H3,(H,27,28). The summed E-state index contributed by atoms with van der Waals surface area (Å²) in [5.74, 6) is 1.05. The lowest BCUT2D eigenvalue weighted by Crippen LogP contribution is -2.42. The average Bonchev–Trinajstić information content (AvgIpc) is 3.04. The number of nitrogens with zero attached hydrogens (tertiary/aromatic N) is 3. The number of nitrogens with one attached hydrogen (secondary N) is 1. The van der Waals surface area contributed by atoms with Crippen molar-refractivity contribution in [2.45, 2.75) is 57.8 Å². The second-order valence-corrected chi connectivity index (χ2v) is 9.32. The summed E-state index contributed by atoms with van der Waals surface area (Å²) in [6.45, 7) is 5.15. The van der Waals surface area contributed by atoms with E-state index in [0.29, 0.717) is 6.54 Å². The molecule has 0 bridgehead atoms. The van der Waals surface area contributed by atoms with E-state index in [1.165, 1.54) is 0 Å². The van der Waals surface area contributed by atoms with Gasteiger partial charge in [0.1, 0.15) is 5.82 Å². The molecule has 0 spiro atoms. The predicted octanol–water partition coefficient (Wildman–Crippen LogP) is 4.49. The third kappa shape index (κ3) is 4.57. The van der Waals surface area contributed by atoms with Gasteiger partial charge in [-0.25, -0.2) is 4.98 Å². The SMILES string of the molecule is CCC1CN(c2ccc3c(c2)N(C(=O)C2CCC(OC)CC2)Cc2cccnc2N3)CCO1. The summed E-state index contributed by atoms with van der Waals surface area (Å²) < 4.78 is 11.4. The zero-order valence-corrected chi connectivity index (χ0v) is 19.6. The van der Waals surface area contributed by atoms with Crippen molar-refractivity contribution in [3.05, 3.63) is 42.1 Å². The maximum absolute atomic E-state index is 13.9. The van der Waals surface area contributed by atoms with E-state index in [1.54, 1.807) is 13.3 Å². The van der Waals surface area contributed by atoms with Crippen LogP contribution in [0.3, 0.4) is 0 Å². The third-order valence-electron chi connectivity index (χ3n) is 7.33. The lowest BCUT2D eigenvalue weighted by molar-refractivity contribution is -0.124. The highest BCUT2D eigenvalue weighted by atomic mass is 16.5. The first-order valence-corrected chi connectivity index (χ1v) is 12.2. The lowest BCUT2D eigenvalue weighted by Gasteiger charge is -2.35. The van der Waals surface area contributed by atoms with E-state index in [0.717, 1.165) is 80.2 Å². The molecule has 1 amide bonds. The molecule has 1 aliphatic carbocycles. The van der Waals surface area contributed by atoms with Crippen LogP contribution in [0.1, 0.15) is 44.6 Å². The molecule has 1 N–H and O–H groups in total. The van der Waals surface area contributed by atoms with E-state index in [1.807, 2.05) is 11.0 Å². The van der Waals surface area contributed by atoms with Crippen LogP contribution in [0.2, 0.25) is 0 Å². The molecule has 3 aliphatic rings. The summed E-state index contributed by atoms with van der Waals surface area (Å²) in [5.41, 5.74) is 4.03. The van der Waals surface area contributed by atoms with E-state index in [9.17, 15) is 4.79 Å². The van der Waals surface area contributed by atoms with Crippen molar-refractivity contribution in [3.63, 3.8) is 0 Å². The fourth-order valence-electron chi connectivity index (χ4n) is 5.27. The molecule has 7 heteroatoms. The number of amides is 1. The van der Waals surface area contributed by atoms with Crippen molar-refractivity contribution in [2.75, 3.05) is 41.9 Å². The first kappa shape index (κ1) is 22.2. The van der Waals surface area contributed by atoms with Gasteiger partial charge in [-0.15, -0.1) is 0 Å². The Balaban J connectivity index is 1.48. The minimum absolute atomic E-state index is 0.0268. The van der Waals surface area contributed by atoms with Gasteiger partial charge in [-0.1, -0.05) is 13.0 Å². The smallest absolute Gasteiger partial charge is 0.230 e. The highest BCUT2D eigenvalue weighted by Crippen LogP contribution is 2.40. The minimum atomic E-state index is 0.0268. The van der Waals surface area contributed by atoms with Gasteiger partial charge >= 0.3 is 0 Å². The second-order valence-electron chi connectivity index (χ2n) is 9.32. The summed E-state index contributed by atoms with van der Waals surface area (Å²) in [5, 5.41) is 3.49. The maximum atomic E-state index is 13.9. The third-order valence-corrected chi connectivity index (χ3v) is 7.33. The van der Waals surface area contributed by atoms with Gasteiger partial charge in [0.05, 0.1) is 36.7 Å². The van der Waals surface area contributed by atoms with Crippen molar-refractivity contribution in [2.24, 2.45) is 5.92 Å². The molecule has 3 heterocycles. The second kappa shape index (κ2) is 9.69. The number of ether oxygens (including phenoxy) is 2. The van der Waals surface area contributed by atoms with Gasteiger partial charge in [-0.05, 0) is 56.4 Å². The summed E-state index contributed by atoms with van der Waals surface area (Å²) in [6, 6.07) is 10.4. The van der Waals surface area contributed by atoms with Crippen LogP contribution in [0.4, 0.5) is 22.9 Å². The van der Waals surface area contributed by atoms with E-state index in [4.69, 9.17) is 9.47 Å². The first-order valence-electron chi connectivity index (χ1n) is 12.2. The number of fused-ring (bicyclic) bond motifs is 2. The fraction of sp³-hybridized carbons (Fsp3) is 0.538. The van der Waals surface area contributed by atoms with Crippen molar-refractivity contribution in [1.82, 2.24) is 4.98 Å². The molecule has 2 fully saturated rings. The van der Waals surface area contributed by atoms with Crippen LogP contribution in [0.25, 0.3) is 0 Å². The quantitative estimate of drug-likeness (QED) is 0.740. The maximum Gasteiger partial charge on any atom is 0.230 e. The van der Waals surface area contributed by atoms with Gasteiger partial charge in [-0.3, -0.25) is 4.79 Å². The molecule has 0 radical (unpaired) electrons. The normalized spacial score (nSPS) is 25.0. The molecule has 1 aromatic heterocycles. The van der Waals surface area contributed by atoms with Gasteiger partial charge < -0.3 is 24.6 Å². The van der Waals surface area contributed by atoms with E-state index >= 15 is 0 Å². The lowest BCUT2D eigenvalue weighted by atomic mass is 9.86. The zero-order valence-electron chi connectivity index (χ0n) is 19.6. The summed E-state index contributed by atoms with van der Waals surface area (Å²) >= 11 is 0. The molecule has 33 heavy (non-hydrogen) atoms. The average molecular weight is 451 g/mol. The molecule has 176 valence electrons. The largest absolute Gasteiger partial charge is 0.381 e. The number of benzene rings is 1. The van der Waals surface area contributed by atoms with E-state index in [-0.39, 0.29) is 24.0 Å². The molecule has 1 saturated heterocycles. The fourth-order valence-corrected chi connectivity index (χ4v) is 5.27. The molecule has 1 atom stereocenters. The molecule has 2 aliphatic heterocycles. The highest BCUT2D eigenvalue weighted by molar-refractivity contribution is 6.00. The van der Waals surface area contributed by atoms with Gasteiger partial charge in [0.2, 0.25) is 5.91 Å². The molecular formula is C26H34N4O3. The van der Waals surface area contributed by atoms with Crippen molar-refractivity contribution < 1.29 is 14.3 Å². The van der Waals surface area contributed by atoms with Gasteiger partial charge in [-0.2, -0.15) is 0 Å². The van der Waals surface area contributed by atoms with Crippen LogP contribution >= 0.6 is 0 Å². The van der Waals surface area contributed by atoms with Crippen molar-refractivity contribution in [3.8, 4) is 0 Å². The monoisotopic (exact) mass is 450 g/mol. The number of carbonyl (C=O) groups excluding carboxylic acids is 1. The Hall–Kier alpha value is -2.64. The van der Waals surface area contributed by atoms with E-state index in [2.05, 4.69) is 46.4 Å².